The highest BCUT2D eigenvalue weighted by Gasteiger charge is 2.07. The molecule has 2 aromatic rings. The van der Waals surface area contributed by atoms with Gasteiger partial charge in [0.25, 0.3) is 0 Å². The second-order valence-corrected chi connectivity index (χ2v) is 4.17. The minimum Gasteiger partial charge on any atom is -0.398 e. The summed E-state index contributed by atoms with van der Waals surface area (Å²) in [5.41, 5.74) is 7.66. The molecule has 1 aromatic carbocycles. The van der Waals surface area contributed by atoms with E-state index in [1.807, 2.05) is 32.2 Å². The van der Waals surface area contributed by atoms with Gasteiger partial charge in [-0.15, -0.1) is 5.10 Å². The van der Waals surface area contributed by atoms with E-state index >= 15 is 0 Å². The summed E-state index contributed by atoms with van der Waals surface area (Å²) in [4.78, 5) is 1.08. The van der Waals surface area contributed by atoms with E-state index in [0.717, 1.165) is 21.3 Å². The molecule has 0 saturated carbocycles. The molecule has 0 amide bonds. The molecule has 2 N–H and O–H groups in total. The third kappa shape index (κ3) is 1.94. The number of aromatic nitrogens is 4. The number of hydrogen-bond acceptors (Lipinski definition) is 5. The fourth-order valence-corrected chi connectivity index (χ4v) is 2.01. The van der Waals surface area contributed by atoms with Crippen LogP contribution in [0.2, 0.25) is 0 Å². The Balaban J connectivity index is 2.33. The Kier molecular flexibility index (Phi) is 2.59. The van der Waals surface area contributed by atoms with Crippen LogP contribution >= 0.6 is 11.8 Å². The number of nitrogens with zero attached hydrogens (tertiary/aromatic N) is 4. The Labute approximate surface area is 91.7 Å². The van der Waals surface area contributed by atoms with Crippen LogP contribution in [0.4, 0.5) is 5.69 Å². The van der Waals surface area contributed by atoms with Crippen LogP contribution < -0.4 is 5.73 Å². The van der Waals surface area contributed by atoms with Gasteiger partial charge in [-0.25, -0.2) is 4.68 Å². The van der Waals surface area contributed by atoms with Crippen LogP contribution in [0.15, 0.2) is 28.3 Å². The first-order chi connectivity index (χ1) is 7.18. The molecule has 0 unspecified atom stereocenters. The van der Waals surface area contributed by atoms with Crippen molar-refractivity contribution in [3.05, 3.63) is 23.8 Å². The topological polar surface area (TPSA) is 69.6 Å². The molecule has 0 saturated heterocycles. The molecule has 2 rings (SSSR count). The van der Waals surface area contributed by atoms with Gasteiger partial charge in [0.2, 0.25) is 5.16 Å². The lowest BCUT2D eigenvalue weighted by Crippen LogP contribution is -1.95. The minimum atomic E-state index is 0.753. The Morgan fingerprint density at radius 3 is 2.87 bits per heavy atom. The number of benzene rings is 1. The van der Waals surface area contributed by atoms with Gasteiger partial charge in [-0.2, -0.15) is 0 Å². The van der Waals surface area contributed by atoms with Gasteiger partial charge in [0.1, 0.15) is 0 Å². The van der Waals surface area contributed by atoms with Crippen LogP contribution in [0.25, 0.3) is 0 Å². The van der Waals surface area contributed by atoms with Gasteiger partial charge in [-0.05, 0) is 46.8 Å². The predicted octanol–water partition coefficient (Wildman–Crippen LogP) is 1.25. The van der Waals surface area contributed by atoms with Crippen LogP contribution in [0.3, 0.4) is 0 Å². The van der Waals surface area contributed by atoms with Gasteiger partial charge in [0.05, 0.1) is 0 Å². The summed E-state index contributed by atoms with van der Waals surface area (Å²) in [6, 6.07) is 5.81. The largest absolute Gasteiger partial charge is 0.398 e. The maximum absolute atomic E-state index is 5.82. The van der Waals surface area contributed by atoms with Crippen molar-refractivity contribution in [2.75, 3.05) is 5.73 Å². The number of anilines is 1. The number of tetrazole rings is 1. The number of nitrogen functional groups attached to an aromatic ring is 1. The number of aryl methyl sites for hydroxylation is 1. The van der Waals surface area contributed by atoms with E-state index in [4.69, 9.17) is 5.73 Å². The van der Waals surface area contributed by atoms with Gasteiger partial charge in [-0.1, -0.05) is 6.07 Å². The smallest absolute Gasteiger partial charge is 0.213 e. The first-order valence-corrected chi connectivity index (χ1v) is 5.25. The number of hydrogen-bond donors (Lipinski definition) is 1. The van der Waals surface area contributed by atoms with Gasteiger partial charge in [-0.3, -0.25) is 0 Å². The second kappa shape index (κ2) is 3.90. The molecule has 0 radical (unpaired) electrons. The molecular weight excluding hydrogens is 210 g/mol. The van der Waals surface area contributed by atoms with Gasteiger partial charge in [0.15, 0.2) is 0 Å². The van der Waals surface area contributed by atoms with E-state index in [1.54, 1.807) is 4.68 Å². The SMILES string of the molecule is Cc1c(N)cccc1Sc1nnnn1C. The maximum atomic E-state index is 5.82. The Bertz CT molecular complexity index is 479. The van der Waals surface area contributed by atoms with E-state index in [-0.39, 0.29) is 0 Å². The lowest BCUT2D eigenvalue weighted by atomic mass is 10.2. The van der Waals surface area contributed by atoms with Crippen molar-refractivity contribution in [2.45, 2.75) is 17.0 Å². The lowest BCUT2D eigenvalue weighted by Gasteiger charge is -2.05. The highest BCUT2D eigenvalue weighted by Crippen LogP contribution is 2.30. The molecule has 0 aliphatic heterocycles. The van der Waals surface area contributed by atoms with Crippen molar-refractivity contribution in [1.82, 2.24) is 20.2 Å². The van der Waals surface area contributed by atoms with Crippen LogP contribution in [0.5, 0.6) is 0 Å². The van der Waals surface area contributed by atoms with Crippen LogP contribution in [0, 0.1) is 6.92 Å². The quantitative estimate of drug-likeness (QED) is 0.773. The zero-order valence-electron chi connectivity index (χ0n) is 8.51. The number of rotatable bonds is 2. The van der Waals surface area contributed by atoms with Crippen molar-refractivity contribution in [3.63, 3.8) is 0 Å². The van der Waals surface area contributed by atoms with E-state index in [1.165, 1.54) is 11.8 Å². The Hall–Kier alpha value is -1.56. The maximum Gasteiger partial charge on any atom is 0.213 e. The molecule has 78 valence electrons. The molecule has 15 heavy (non-hydrogen) atoms. The van der Waals surface area contributed by atoms with Gasteiger partial charge >= 0.3 is 0 Å². The van der Waals surface area contributed by atoms with Crippen molar-refractivity contribution >= 4 is 17.4 Å². The summed E-state index contributed by atoms with van der Waals surface area (Å²) in [5, 5.41) is 12.0. The van der Waals surface area contributed by atoms with E-state index in [2.05, 4.69) is 15.5 Å². The highest BCUT2D eigenvalue weighted by atomic mass is 32.2. The summed E-state index contributed by atoms with van der Waals surface area (Å²) < 4.78 is 1.63. The summed E-state index contributed by atoms with van der Waals surface area (Å²) in [6.45, 7) is 1.99. The van der Waals surface area contributed by atoms with E-state index in [9.17, 15) is 0 Å². The van der Waals surface area contributed by atoms with Crippen LogP contribution in [-0.4, -0.2) is 20.2 Å². The number of nitrogens with two attached hydrogens (primary N) is 1. The van der Waals surface area contributed by atoms with Crippen molar-refractivity contribution in [3.8, 4) is 0 Å². The molecule has 0 fully saturated rings. The summed E-state index contributed by atoms with van der Waals surface area (Å²) in [7, 11) is 1.81. The van der Waals surface area contributed by atoms with Gasteiger partial charge < -0.3 is 5.73 Å². The molecule has 6 heteroatoms. The molecule has 5 nitrogen and oxygen atoms in total. The third-order valence-corrected chi connectivity index (χ3v) is 3.30. The first-order valence-electron chi connectivity index (χ1n) is 4.44. The monoisotopic (exact) mass is 221 g/mol. The minimum absolute atomic E-state index is 0.753. The molecule has 0 atom stereocenters. The average molecular weight is 221 g/mol. The second-order valence-electron chi connectivity index (χ2n) is 3.16. The molecule has 0 aliphatic rings. The van der Waals surface area contributed by atoms with Crippen molar-refractivity contribution < 1.29 is 0 Å². The Morgan fingerprint density at radius 2 is 2.20 bits per heavy atom. The fraction of sp³-hybridized carbons (Fsp3) is 0.222. The predicted molar refractivity (Wildman–Crippen MR) is 58.5 cm³/mol. The molecule has 0 aliphatic carbocycles. The van der Waals surface area contributed by atoms with Crippen molar-refractivity contribution in [2.24, 2.45) is 7.05 Å². The van der Waals surface area contributed by atoms with Crippen LogP contribution in [0.1, 0.15) is 5.56 Å². The Morgan fingerprint density at radius 1 is 1.40 bits per heavy atom. The summed E-state index contributed by atoms with van der Waals surface area (Å²) >= 11 is 1.51. The fourth-order valence-electron chi connectivity index (χ4n) is 1.15. The molecule has 1 aromatic heterocycles. The zero-order chi connectivity index (χ0) is 10.8. The normalized spacial score (nSPS) is 10.5. The molecular formula is C9H11N5S. The summed E-state index contributed by atoms with van der Waals surface area (Å²) in [6.07, 6.45) is 0. The highest BCUT2D eigenvalue weighted by molar-refractivity contribution is 7.99. The zero-order valence-corrected chi connectivity index (χ0v) is 9.32. The molecule has 0 bridgehead atoms. The molecule has 1 heterocycles. The van der Waals surface area contributed by atoms with Gasteiger partial charge in [0, 0.05) is 17.6 Å². The standard InChI is InChI=1S/C9H11N5S/c1-6-7(10)4-3-5-8(6)15-9-11-12-13-14(9)2/h3-5H,10H2,1-2H3. The third-order valence-electron chi connectivity index (χ3n) is 2.11. The lowest BCUT2D eigenvalue weighted by molar-refractivity contribution is 0.664. The van der Waals surface area contributed by atoms with Crippen LogP contribution in [-0.2, 0) is 7.05 Å². The van der Waals surface area contributed by atoms with E-state index < -0.39 is 0 Å². The van der Waals surface area contributed by atoms with Crippen molar-refractivity contribution in [1.29, 1.82) is 0 Å². The average Bonchev–Trinajstić information content (AvgIpc) is 2.60. The van der Waals surface area contributed by atoms with E-state index in [0.29, 0.717) is 0 Å². The first kappa shape index (κ1) is 9.97. The molecule has 0 spiro atoms. The summed E-state index contributed by atoms with van der Waals surface area (Å²) in [5.74, 6) is 0.